The van der Waals surface area contributed by atoms with Crippen LogP contribution in [0.2, 0.25) is 0 Å². The van der Waals surface area contributed by atoms with Crippen LogP contribution in [0.5, 0.6) is 5.75 Å². The summed E-state index contributed by atoms with van der Waals surface area (Å²) in [4.78, 5) is 16.2. The third-order valence-corrected chi connectivity index (χ3v) is 3.74. The number of fused-ring (bicyclic) bond motifs is 1. The number of nitrogens with zero attached hydrogens (tertiary/aromatic N) is 1. The Balaban J connectivity index is 1.88. The van der Waals surface area contributed by atoms with Crippen LogP contribution in [-0.4, -0.2) is 23.2 Å². The number of aromatic carboxylic acids is 1. The number of rotatable bonds is 4. The minimum atomic E-state index is -0.988. The molecule has 21 heavy (non-hydrogen) atoms. The number of carbonyl (C=O) groups is 1. The summed E-state index contributed by atoms with van der Waals surface area (Å²) in [5.74, 6) is -0.208. The highest BCUT2D eigenvalue weighted by atomic mass is 32.2. The van der Waals surface area contributed by atoms with Gasteiger partial charge in [-0.1, -0.05) is 0 Å². The van der Waals surface area contributed by atoms with Gasteiger partial charge in [-0.25, -0.2) is 9.78 Å². The van der Waals surface area contributed by atoms with E-state index in [1.165, 1.54) is 23.9 Å². The molecule has 0 spiro atoms. The van der Waals surface area contributed by atoms with Crippen molar-refractivity contribution in [2.75, 3.05) is 7.11 Å². The zero-order valence-electron chi connectivity index (χ0n) is 11.1. The smallest absolute Gasteiger partial charge is 0.335 e. The lowest BCUT2D eigenvalue weighted by molar-refractivity contribution is 0.0697. The molecule has 0 unspecified atom stereocenters. The van der Waals surface area contributed by atoms with Crippen LogP contribution < -0.4 is 4.74 Å². The standard InChI is InChI=1S/C15H11NO4S/c1-19-10-3-5-11(6-4-10)21-15-16-12-7-2-9(14(17)18)8-13(12)20-15/h2-8H,1H3,(H,17,18). The molecule has 2 aromatic carbocycles. The van der Waals surface area contributed by atoms with E-state index in [1.807, 2.05) is 24.3 Å². The van der Waals surface area contributed by atoms with Gasteiger partial charge in [0.25, 0.3) is 5.22 Å². The monoisotopic (exact) mass is 301 g/mol. The second-order valence-electron chi connectivity index (χ2n) is 4.25. The summed E-state index contributed by atoms with van der Waals surface area (Å²) in [5.41, 5.74) is 1.28. The van der Waals surface area contributed by atoms with Gasteiger partial charge in [0.05, 0.1) is 12.7 Å². The first-order valence-corrected chi connectivity index (χ1v) is 6.93. The number of carboxylic acid groups (broad SMARTS) is 1. The van der Waals surface area contributed by atoms with Crippen LogP contribution in [0.3, 0.4) is 0 Å². The molecule has 1 N–H and O–H groups in total. The maximum Gasteiger partial charge on any atom is 0.335 e. The predicted molar refractivity (Wildman–Crippen MR) is 78.1 cm³/mol. The molecule has 0 aliphatic carbocycles. The molecule has 0 radical (unpaired) electrons. The van der Waals surface area contributed by atoms with Gasteiger partial charge in [0.1, 0.15) is 11.3 Å². The highest BCUT2D eigenvalue weighted by Crippen LogP contribution is 2.31. The Hall–Kier alpha value is -2.47. The van der Waals surface area contributed by atoms with Gasteiger partial charge in [-0.2, -0.15) is 0 Å². The Morgan fingerprint density at radius 3 is 2.67 bits per heavy atom. The van der Waals surface area contributed by atoms with E-state index in [0.717, 1.165) is 10.6 Å². The molecule has 0 fully saturated rings. The minimum Gasteiger partial charge on any atom is -0.497 e. The summed E-state index contributed by atoms with van der Waals surface area (Å²) >= 11 is 1.37. The van der Waals surface area contributed by atoms with Crippen molar-refractivity contribution in [3.8, 4) is 5.75 Å². The topological polar surface area (TPSA) is 72.6 Å². The quantitative estimate of drug-likeness (QED) is 0.792. The van der Waals surface area contributed by atoms with Crippen molar-refractivity contribution in [3.05, 3.63) is 48.0 Å². The van der Waals surface area contributed by atoms with Gasteiger partial charge in [0, 0.05) is 4.90 Å². The van der Waals surface area contributed by atoms with Crippen LogP contribution in [0.1, 0.15) is 10.4 Å². The molecule has 5 nitrogen and oxygen atoms in total. The van der Waals surface area contributed by atoms with Crippen molar-refractivity contribution in [1.29, 1.82) is 0 Å². The Morgan fingerprint density at radius 1 is 1.24 bits per heavy atom. The van der Waals surface area contributed by atoms with E-state index in [1.54, 1.807) is 13.2 Å². The number of hydrogen-bond donors (Lipinski definition) is 1. The molecule has 0 saturated carbocycles. The average molecular weight is 301 g/mol. The van der Waals surface area contributed by atoms with E-state index in [-0.39, 0.29) is 5.56 Å². The summed E-state index contributed by atoms with van der Waals surface area (Å²) < 4.78 is 10.7. The number of benzene rings is 2. The Bertz CT molecular complexity index is 795. The molecule has 6 heteroatoms. The molecule has 0 amide bonds. The molecule has 1 heterocycles. The zero-order valence-corrected chi connectivity index (χ0v) is 11.9. The molecule has 0 aliphatic heterocycles. The van der Waals surface area contributed by atoms with Gasteiger partial charge in [-0.05, 0) is 54.2 Å². The first-order chi connectivity index (χ1) is 10.2. The first-order valence-electron chi connectivity index (χ1n) is 6.11. The largest absolute Gasteiger partial charge is 0.497 e. The van der Waals surface area contributed by atoms with Crippen LogP contribution in [0, 0.1) is 0 Å². The predicted octanol–water partition coefficient (Wildman–Crippen LogP) is 3.69. The van der Waals surface area contributed by atoms with Crippen molar-refractivity contribution < 1.29 is 19.1 Å². The van der Waals surface area contributed by atoms with E-state index >= 15 is 0 Å². The fourth-order valence-electron chi connectivity index (χ4n) is 1.82. The van der Waals surface area contributed by atoms with Crippen LogP contribution in [0.15, 0.2) is 57.0 Å². The summed E-state index contributed by atoms with van der Waals surface area (Å²) in [6.07, 6.45) is 0. The van der Waals surface area contributed by atoms with Crippen molar-refractivity contribution >= 4 is 28.8 Å². The lowest BCUT2D eigenvalue weighted by Crippen LogP contribution is -1.94. The van der Waals surface area contributed by atoms with Crippen molar-refractivity contribution in [2.24, 2.45) is 0 Å². The maximum atomic E-state index is 10.9. The second-order valence-corrected chi connectivity index (χ2v) is 5.27. The SMILES string of the molecule is COc1ccc(Sc2nc3ccc(C(=O)O)cc3o2)cc1. The second kappa shape index (κ2) is 5.49. The van der Waals surface area contributed by atoms with Crippen molar-refractivity contribution in [2.45, 2.75) is 10.1 Å². The Labute approximate surface area is 124 Å². The highest BCUT2D eigenvalue weighted by Gasteiger charge is 2.10. The summed E-state index contributed by atoms with van der Waals surface area (Å²) in [5, 5.41) is 9.43. The van der Waals surface area contributed by atoms with Gasteiger partial charge < -0.3 is 14.3 Å². The normalized spacial score (nSPS) is 10.7. The fourth-order valence-corrected chi connectivity index (χ4v) is 2.57. The third-order valence-electron chi connectivity index (χ3n) is 2.88. The molecular formula is C15H11NO4S. The van der Waals surface area contributed by atoms with Crippen LogP contribution in [0.4, 0.5) is 0 Å². The lowest BCUT2D eigenvalue weighted by atomic mass is 10.2. The van der Waals surface area contributed by atoms with E-state index in [4.69, 9.17) is 14.3 Å². The van der Waals surface area contributed by atoms with Gasteiger partial charge in [-0.3, -0.25) is 0 Å². The Morgan fingerprint density at radius 2 is 2.00 bits per heavy atom. The lowest BCUT2D eigenvalue weighted by Gasteiger charge is -2.00. The number of carboxylic acids is 1. The highest BCUT2D eigenvalue weighted by molar-refractivity contribution is 7.99. The van der Waals surface area contributed by atoms with Crippen LogP contribution in [-0.2, 0) is 0 Å². The Kier molecular flexibility index (Phi) is 3.53. The summed E-state index contributed by atoms with van der Waals surface area (Å²) in [7, 11) is 1.61. The molecule has 3 rings (SSSR count). The van der Waals surface area contributed by atoms with Gasteiger partial charge in [0.2, 0.25) is 0 Å². The molecule has 1 aromatic heterocycles. The molecule has 106 valence electrons. The molecule has 0 saturated heterocycles. The zero-order chi connectivity index (χ0) is 14.8. The fraction of sp³-hybridized carbons (Fsp3) is 0.0667. The molecule has 0 aliphatic rings. The van der Waals surface area contributed by atoms with E-state index < -0.39 is 5.97 Å². The number of oxazole rings is 1. The molecule has 0 bridgehead atoms. The molecule has 3 aromatic rings. The van der Waals surface area contributed by atoms with E-state index in [9.17, 15) is 4.79 Å². The van der Waals surface area contributed by atoms with Gasteiger partial charge in [0.15, 0.2) is 5.58 Å². The summed E-state index contributed by atoms with van der Waals surface area (Å²) in [6, 6.07) is 12.1. The third kappa shape index (κ3) is 2.85. The number of methoxy groups -OCH3 is 1. The molecule has 0 atom stereocenters. The van der Waals surface area contributed by atoms with Gasteiger partial charge in [-0.15, -0.1) is 0 Å². The molecular weight excluding hydrogens is 290 g/mol. The van der Waals surface area contributed by atoms with Crippen LogP contribution >= 0.6 is 11.8 Å². The van der Waals surface area contributed by atoms with E-state index in [0.29, 0.717) is 16.3 Å². The van der Waals surface area contributed by atoms with Crippen molar-refractivity contribution in [1.82, 2.24) is 4.98 Å². The van der Waals surface area contributed by atoms with E-state index in [2.05, 4.69) is 4.98 Å². The average Bonchev–Trinajstić information content (AvgIpc) is 2.89. The minimum absolute atomic E-state index is 0.180. The van der Waals surface area contributed by atoms with Gasteiger partial charge >= 0.3 is 5.97 Å². The van der Waals surface area contributed by atoms with Crippen molar-refractivity contribution in [3.63, 3.8) is 0 Å². The van der Waals surface area contributed by atoms with Crippen LogP contribution in [0.25, 0.3) is 11.1 Å². The number of aromatic nitrogens is 1. The summed E-state index contributed by atoms with van der Waals surface area (Å²) in [6.45, 7) is 0. The number of hydrogen-bond acceptors (Lipinski definition) is 5. The first kappa shape index (κ1) is 13.5. The maximum absolute atomic E-state index is 10.9. The number of ether oxygens (including phenoxy) is 1.